The molecule has 3 aromatic rings. The largest absolute Gasteiger partial charge is 0.348 e. The molecule has 4 rings (SSSR count). The molecule has 4 nitrogen and oxygen atoms in total. The molecule has 158 valence electrons. The van der Waals surface area contributed by atoms with Crippen LogP contribution in [0.15, 0.2) is 46.7 Å². The Hall–Kier alpha value is -1.60. The van der Waals surface area contributed by atoms with Gasteiger partial charge in [-0.15, -0.1) is 11.3 Å². The number of aryl methyl sites for hydroxylation is 1. The van der Waals surface area contributed by atoms with Crippen LogP contribution in [-0.4, -0.2) is 31.7 Å². The number of thiazole rings is 1. The van der Waals surface area contributed by atoms with Gasteiger partial charge in [0.2, 0.25) is 0 Å². The van der Waals surface area contributed by atoms with Gasteiger partial charge in [-0.1, -0.05) is 41.4 Å². The summed E-state index contributed by atoms with van der Waals surface area (Å²) in [7, 11) is -3.47. The maximum absolute atomic E-state index is 13.0. The number of rotatable bonds is 4. The van der Waals surface area contributed by atoms with E-state index in [2.05, 4.69) is 42.3 Å². The summed E-state index contributed by atoms with van der Waals surface area (Å²) in [5.41, 5.74) is 4.60. The second-order valence-corrected chi connectivity index (χ2v) is 11.5. The lowest BCUT2D eigenvalue weighted by atomic mass is 10.0. The Kier molecular flexibility index (Phi) is 6.13. The first kappa shape index (κ1) is 21.6. The van der Waals surface area contributed by atoms with E-state index in [0.717, 1.165) is 16.4 Å². The third-order valence-corrected chi connectivity index (χ3v) is 9.27. The van der Waals surface area contributed by atoms with Gasteiger partial charge in [-0.25, -0.2) is 13.4 Å². The lowest BCUT2D eigenvalue weighted by Crippen LogP contribution is -2.39. The average molecular weight is 481 g/mol. The van der Waals surface area contributed by atoms with Crippen LogP contribution in [0.1, 0.15) is 24.0 Å². The number of hydrogen-bond acceptors (Lipinski definition) is 5. The van der Waals surface area contributed by atoms with E-state index in [1.165, 1.54) is 23.3 Å². The van der Waals surface area contributed by atoms with Gasteiger partial charge in [-0.2, -0.15) is 0 Å². The van der Waals surface area contributed by atoms with E-state index in [-0.39, 0.29) is 4.90 Å². The first-order valence-corrected chi connectivity index (χ1v) is 12.9. The minimum Gasteiger partial charge on any atom is -0.348 e. The molecule has 0 atom stereocenters. The first-order valence-electron chi connectivity index (χ1n) is 9.73. The lowest BCUT2D eigenvalue weighted by Gasteiger charge is -2.31. The molecule has 0 radical (unpaired) electrons. The molecule has 1 saturated heterocycles. The summed E-state index contributed by atoms with van der Waals surface area (Å²) in [6.45, 7) is 5.52. The number of benzene rings is 2. The molecule has 2 aromatic carbocycles. The number of sulfone groups is 1. The Labute approximate surface area is 191 Å². The highest BCUT2D eigenvalue weighted by Gasteiger charge is 2.32. The molecule has 0 aliphatic carbocycles. The quantitative estimate of drug-likeness (QED) is 0.447. The molecular weight excluding hydrogens is 459 g/mol. The standard InChI is InChI=1S/C22H22Cl2N2O2S2/c1-14-4-3-5-20(15(14)2)21-13-29-22(25-21)26-8-6-18(7-9-26)30(27,28)19-11-16(23)10-17(24)12-19/h3-5,10-13,18H,6-9H2,1-2H3. The van der Waals surface area contributed by atoms with Crippen LogP contribution in [0.4, 0.5) is 5.13 Å². The van der Waals surface area contributed by atoms with Gasteiger partial charge in [0.05, 0.1) is 15.8 Å². The second-order valence-electron chi connectivity index (χ2n) is 7.60. The summed E-state index contributed by atoms with van der Waals surface area (Å²) in [6.07, 6.45) is 1.09. The van der Waals surface area contributed by atoms with Crippen LogP contribution in [0.2, 0.25) is 10.0 Å². The van der Waals surface area contributed by atoms with Crippen LogP contribution in [0.3, 0.4) is 0 Å². The summed E-state index contributed by atoms with van der Waals surface area (Å²) >= 11 is 13.6. The van der Waals surface area contributed by atoms with Gasteiger partial charge in [0.25, 0.3) is 0 Å². The second kappa shape index (κ2) is 8.50. The Morgan fingerprint density at radius 1 is 1.07 bits per heavy atom. The molecule has 1 aliphatic rings. The molecule has 8 heteroatoms. The maximum Gasteiger partial charge on any atom is 0.185 e. The predicted octanol–water partition coefficient (Wildman–Crippen LogP) is 6.18. The summed E-state index contributed by atoms with van der Waals surface area (Å²) < 4.78 is 26.1. The highest BCUT2D eigenvalue weighted by Crippen LogP contribution is 2.34. The van der Waals surface area contributed by atoms with Gasteiger partial charge < -0.3 is 4.90 Å². The first-order chi connectivity index (χ1) is 14.3. The minimum atomic E-state index is -3.47. The molecule has 1 fully saturated rings. The maximum atomic E-state index is 13.0. The number of anilines is 1. The molecule has 0 amide bonds. The van der Waals surface area contributed by atoms with E-state index in [1.807, 2.05) is 0 Å². The zero-order chi connectivity index (χ0) is 21.5. The highest BCUT2D eigenvalue weighted by molar-refractivity contribution is 7.92. The van der Waals surface area contributed by atoms with Crippen LogP contribution < -0.4 is 4.90 Å². The van der Waals surface area contributed by atoms with E-state index >= 15 is 0 Å². The summed E-state index contributed by atoms with van der Waals surface area (Å²) in [4.78, 5) is 7.21. The van der Waals surface area contributed by atoms with Crippen molar-refractivity contribution in [3.8, 4) is 11.3 Å². The van der Waals surface area contributed by atoms with Crippen LogP contribution in [0.5, 0.6) is 0 Å². The van der Waals surface area contributed by atoms with Crippen molar-refractivity contribution in [3.63, 3.8) is 0 Å². The third-order valence-electron chi connectivity index (χ3n) is 5.69. The van der Waals surface area contributed by atoms with Crippen molar-refractivity contribution in [3.05, 3.63) is 63.0 Å². The fourth-order valence-corrected chi connectivity index (χ4v) is 7.14. The van der Waals surface area contributed by atoms with Crippen LogP contribution in [0.25, 0.3) is 11.3 Å². The number of halogens is 2. The van der Waals surface area contributed by atoms with Gasteiger partial charge in [0, 0.05) is 34.1 Å². The van der Waals surface area contributed by atoms with Gasteiger partial charge in [-0.05, 0) is 56.0 Å². The summed E-state index contributed by atoms with van der Waals surface area (Å²) in [6, 6.07) is 10.7. The van der Waals surface area contributed by atoms with Gasteiger partial charge in [-0.3, -0.25) is 0 Å². The molecule has 0 N–H and O–H groups in total. The monoisotopic (exact) mass is 480 g/mol. The number of piperidine rings is 1. The van der Waals surface area contributed by atoms with Crippen molar-refractivity contribution in [2.45, 2.75) is 36.8 Å². The fourth-order valence-electron chi connectivity index (χ4n) is 3.80. The molecule has 0 unspecified atom stereocenters. The molecule has 0 bridgehead atoms. The Morgan fingerprint density at radius 3 is 2.40 bits per heavy atom. The molecule has 30 heavy (non-hydrogen) atoms. The lowest BCUT2D eigenvalue weighted by molar-refractivity contribution is 0.529. The SMILES string of the molecule is Cc1cccc(-c2csc(N3CCC(S(=O)(=O)c4cc(Cl)cc(Cl)c4)CC3)n2)c1C. The van der Waals surface area contributed by atoms with Gasteiger partial charge >= 0.3 is 0 Å². The number of aromatic nitrogens is 1. The van der Waals surface area contributed by atoms with E-state index in [1.54, 1.807) is 17.4 Å². The topological polar surface area (TPSA) is 50.3 Å². The van der Waals surface area contributed by atoms with Crippen molar-refractivity contribution in [1.82, 2.24) is 4.98 Å². The fraction of sp³-hybridized carbons (Fsp3) is 0.318. The van der Waals surface area contributed by atoms with Gasteiger partial charge in [0.1, 0.15) is 0 Å². The number of hydrogen-bond donors (Lipinski definition) is 0. The zero-order valence-electron chi connectivity index (χ0n) is 16.7. The predicted molar refractivity (Wildman–Crippen MR) is 126 cm³/mol. The van der Waals surface area contributed by atoms with E-state index < -0.39 is 15.1 Å². The van der Waals surface area contributed by atoms with Crippen LogP contribution in [-0.2, 0) is 9.84 Å². The van der Waals surface area contributed by atoms with Crippen molar-refractivity contribution >= 4 is 49.5 Å². The van der Waals surface area contributed by atoms with Crippen molar-refractivity contribution < 1.29 is 8.42 Å². The molecule has 2 heterocycles. The smallest absolute Gasteiger partial charge is 0.185 e. The minimum absolute atomic E-state index is 0.199. The molecule has 1 aromatic heterocycles. The van der Waals surface area contributed by atoms with Crippen LogP contribution >= 0.6 is 34.5 Å². The van der Waals surface area contributed by atoms with E-state index in [4.69, 9.17) is 28.2 Å². The van der Waals surface area contributed by atoms with Crippen LogP contribution in [0, 0.1) is 13.8 Å². The molecular formula is C22H22Cl2N2O2S2. The third kappa shape index (κ3) is 4.24. The van der Waals surface area contributed by atoms with Gasteiger partial charge in [0.15, 0.2) is 15.0 Å². The molecule has 1 aliphatic heterocycles. The van der Waals surface area contributed by atoms with E-state index in [9.17, 15) is 8.42 Å². The average Bonchev–Trinajstić information content (AvgIpc) is 3.19. The van der Waals surface area contributed by atoms with Crippen molar-refractivity contribution in [2.75, 3.05) is 18.0 Å². The molecule has 0 saturated carbocycles. The van der Waals surface area contributed by atoms with Crippen molar-refractivity contribution in [2.24, 2.45) is 0 Å². The Morgan fingerprint density at radius 2 is 1.73 bits per heavy atom. The highest BCUT2D eigenvalue weighted by atomic mass is 35.5. The normalized spacial score (nSPS) is 15.5. The Balaban J connectivity index is 1.49. The number of nitrogens with zero attached hydrogens (tertiary/aromatic N) is 2. The van der Waals surface area contributed by atoms with E-state index in [0.29, 0.717) is 36.0 Å². The zero-order valence-corrected chi connectivity index (χ0v) is 19.9. The summed E-state index contributed by atoms with van der Waals surface area (Å²) in [5.74, 6) is 0. The Bertz CT molecular complexity index is 1160. The summed E-state index contributed by atoms with van der Waals surface area (Å²) in [5, 5.41) is 3.24. The van der Waals surface area contributed by atoms with Crippen molar-refractivity contribution in [1.29, 1.82) is 0 Å². The molecule has 0 spiro atoms.